The van der Waals surface area contributed by atoms with Gasteiger partial charge in [0, 0.05) is 25.7 Å². The van der Waals surface area contributed by atoms with Gasteiger partial charge in [-0.15, -0.1) is 0 Å². The highest BCUT2D eigenvalue weighted by Gasteiger charge is 2.21. The van der Waals surface area contributed by atoms with E-state index in [1.807, 2.05) is 13.1 Å². The van der Waals surface area contributed by atoms with E-state index in [-0.39, 0.29) is 11.9 Å². The molecule has 1 aromatic carbocycles. The molecule has 1 saturated carbocycles. The van der Waals surface area contributed by atoms with Gasteiger partial charge >= 0.3 is 0 Å². The number of nitrogens with zero attached hydrogens (tertiary/aromatic N) is 1. The Labute approximate surface area is 114 Å². The Balaban J connectivity index is 1.81. The molecule has 106 valence electrons. The van der Waals surface area contributed by atoms with Gasteiger partial charge in [0.25, 0.3) is 0 Å². The van der Waals surface area contributed by atoms with Crippen LogP contribution in [-0.2, 0) is 4.74 Å². The SMILES string of the molecule is CN(CCOCC1CC1)C(CN)c1cccc(F)c1. The molecule has 0 bridgehead atoms. The topological polar surface area (TPSA) is 38.5 Å². The van der Waals surface area contributed by atoms with Gasteiger partial charge in [-0.3, -0.25) is 4.90 Å². The van der Waals surface area contributed by atoms with Crippen molar-refractivity contribution in [2.24, 2.45) is 11.7 Å². The Morgan fingerprint density at radius 1 is 1.47 bits per heavy atom. The third kappa shape index (κ3) is 4.56. The van der Waals surface area contributed by atoms with E-state index in [0.717, 1.165) is 24.6 Å². The second-order valence-electron chi connectivity index (χ2n) is 5.31. The molecule has 0 heterocycles. The van der Waals surface area contributed by atoms with Gasteiger partial charge < -0.3 is 10.5 Å². The number of nitrogens with two attached hydrogens (primary N) is 1. The van der Waals surface area contributed by atoms with Gasteiger partial charge in [0.15, 0.2) is 0 Å². The summed E-state index contributed by atoms with van der Waals surface area (Å²) < 4.78 is 18.9. The fourth-order valence-corrected chi connectivity index (χ4v) is 2.18. The van der Waals surface area contributed by atoms with Gasteiger partial charge in [0.1, 0.15) is 5.82 Å². The van der Waals surface area contributed by atoms with Crippen LogP contribution >= 0.6 is 0 Å². The molecule has 0 radical (unpaired) electrons. The summed E-state index contributed by atoms with van der Waals surface area (Å²) in [5.41, 5.74) is 6.74. The van der Waals surface area contributed by atoms with E-state index < -0.39 is 0 Å². The van der Waals surface area contributed by atoms with Gasteiger partial charge in [-0.1, -0.05) is 12.1 Å². The first kappa shape index (κ1) is 14.4. The molecule has 0 aliphatic heterocycles. The summed E-state index contributed by atoms with van der Waals surface area (Å²) >= 11 is 0. The standard InChI is InChI=1S/C15H23FN2O/c1-18(7-8-19-11-12-5-6-12)15(10-17)13-3-2-4-14(16)9-13/h2-4,9,12,15H,5-8,10-11,17H2,1H3. The summed E-state index contributed by atoms with van der Waals surface area (Å²) in [5.74, 6) is 0.577. The molecular weight excluding hydrogens is 243 g/mol. The van der Waals surface area contributed by atoms with Gasteiger partial charge in [-0.2, -0.15) is 0 Å². The Morgan fingerprint density at radius 3 is 2.89 bits per heavy atom. The van der Waals surface area contributed by atoms with Crippen molar-refractivity contribution in [2.75, 3.05) is 33.4 Å². The molecule has 1 aromatic rings. The molecule has 1 fully saturated rings. The smallest absolute Gasteiger partial charge is 0.123 e. The average molecular weight is 266 g/mol. The average Bonchev–Trinajstić information content (AvgIpc) is 3.20. The molecule has 1 unspecified atom stereocenters. The van der Waals surface area contributed by atoms with Crippen LogP contribution in [0.25, 0.3) is 0 Å². The zero-order chi connectivity index (χ0) is 13.7. The summed E-state index contributed by atoms with van der Waals surface area (Å²) in [7, 11) is 2.00. The lowest BCUT2D eigenvalue weighted by Gasteiger charge is -2.27. The Kier molecular flexibility index (Phi) is 5.31. The van der Waals surface area contributed by atoms with Crippen LogP contribution in [0.15, 0.2) is 24.3 Å². The number of halogens is 1. The number of hydrogen-bond acceptors (Lipinski definition) is 3. The summed E-state index contributed by atoms with van der Waals surface area (Å²) in [5, 5.41) is 0. The second-order valence-corrected chi connectivity index (χ2v) is 5.31. The van der Waals surface area contributed by atoms with E-state index in [1.165, 1.54) is 18.9 Å². The van der Waals surface area contributed by atoms with Gasteiger partial charge in [-0.25, -0.2) is 4.39 Å². The third-order valence-corrected chi connectivity index (χ3v) is 3.63. The highest BCUT2D eigenvalue weighted by molar-refractivity contribution is 5.20. The molecule has 1 atom stereocenters. The molecule has 3 nitrogen and oxygen atoms in total. The summed E-state index contributed by atoms with van der Waals surface area (Å²) in [4.78, 5) is 2.13. The van der Waals surface area contributed by atoms with Crippen molar-refractivity contribution >= 4 is 0 Å². The number of benzene rings is 1. The lowest BCUT2D eigenvalue weighted by Crippen LogP contribution is -2.33. The fourth-order valence-electron chi connectivity index (χ4n) is 2.18. The van der Waals surface area contributed by atoms with E-state index in [4.69, 9.17) is 10.5 Å². The largest absolute Gasteiger partial charge is 0.380 e. The third-order valence-electron chi connectivity index (χ3n) is 3.63. The molecule has 2 rings (SSSR count). The van der Waals surface area contributed by atoms with Crippen molar-refractivity contribution in [1.82, 2.24) is 4.90 Å². The van der Waals surface area contributed by atoms with Crippen molar-refractivity contribution in [3.63, 3.8) is 0 Å². The highest BCUT2D eigenvalue weighted by Crippen LogP contribution is 2.28. The maximum Gasteiger partial charge on any atom is 0.123 e. The summed E-state index contributed by atoms with van der Waals surface area (Å²) in [6, 6.07) is 6.70. The highest BCUT2D eigenvalue weighted by atomic mass is 19.1. The monoisotopic (exact) mass is 266 g/mol. The minimum Gasteiger partial charge on any atom is -0.380 e. The van der Waals surface area contributed by atoms with Crippen LogP contribution in [0.3, 0.4) is 0 Å². The Hall–Kier alpha value is -0.970. The number of ether oxygens (including phenoxy) is 1. The molecule has 4 heteroatoms. The van der Waals surface area contributed by atoms with Gasteiger partial charge in [0.2, 0.25) is 0 Å². The number of hydrogen-bond donors (Lipinski definition) is 1. The molecule has 1 aliphatic carbocycles. The van der Waals surface area contributed by atoms with E-state index in [1.54, 1.807) is 12.1 Å². The molecular formula is C15H23FN2O. The summed E-state index contributed by atoms with van der Waals surface area (Å²) in [6.07, 6.45) is 2.62. The van der Waals surface area contributed by atoms with Gasteiger partial charge in [0.05, 0.1) is 6.61 Å². The number of rotatable bonds is 8. The Morgan fingerprint density at radius 2 is 2.26 bits per heavy atom. The summed E-state index contributed by atoms with van der Waals surface area (Å²) in [6.45, 7) is 2.87. The molecule has 0 aromatic heterocycles. The van der Waals surface area contributed by atoms with E-state index in [2.05, 4.69) is 4.90 Å². The lowest BCUT2D eigenvalue weighted by atomic mass is 10.1. The van der Waals surface area contributed by atoms with Crippen molar-refractivity contribution in [2.45, 2.75) is 18.9 Å². The first-order chi connectivity index (χ1) is 9.20. The lowest BCUT2D eigenvalue weighted by molar-refractivity contribution is 0.0922. The quantitative estimate of drug-likeness (QED) is 0.733. The van der Waals surface area contributed by atoms with Crippen molar-refractivity contribution in [1.29, 1.82) is 0 Å². The predicted molar refractivity (Wildman–Crippen MR) is 74.4 cm³/mol. The maximum atomic E-state index is 13.2. The molecule has 0 saturated heterocycles. The van der Waals surface area contributed by atoms with Crippen molar-refractivity contribution in [3.05, 3.63) is 35.6 Å². The fraction of sp³-hybridized carbons (Fsp3) is 0.600. The molecule has 19 heavy (non-hydrogen) atoms. The minimum absolute atomic E-state index is 0.0419. The molecule has 2 N–H and O–H groups in total. The first-order valence-electron chi connectivity index (χ1n) is 6.94. The van der Waals surface area contributed by atoms with Crippen LogP contribution in [0.5, 0.6) is 0 Å². The second kappa shape index (κ2) is 6.98. The van der Waals surface area contributed by atoms with E-state index >= 15 is 0 Å². The minimum atomic E-state index is -0.214. The molecule has 0 amide bonds. The van der Waals surface area contributed by atoms with Crippen LogP contribution in [-0.4, -0.2) is 38.3 Å². The molecule has 1 aliphatic rings. The van der Waals surface area contributed by atoms with Crippen LogP contribution in [0.4, 0.5) is 4.39 Å². The van der Waals surface area contributed by atoms with E-state index in [0.29, 0.717) is 13.2 Å². The molecule has 0 spiro atoms. The normalized spacial score (nSPS) is 16.8. The maximum absolute atomic E-state index is 13.2. The van der Waals surface area contributed by atoms with Gasteiger partial charge in [-0.05, 0) is 43.5 Å². The van der Waals surface area contributed by atoms with Crippen LogP contribution < -0.4 is 5.73 Å². The van der Waals surface area contributed by atoms with Crippen molar-refractivity contribution in [3.8, 4) is 0 Å². The van der Waals surface area contributed by atoms with Crippen LogP contribution in [0.1, 0.15) is 24.4 Å². The first-order valence-corrected chi connectivity index (χ1v) is 6.94. The van der Waals surface area contributed by atoms with E-state index in [9.17, 15) is 4.39 Å². The Bertz CT molecular complexity index is 395. The van der Waals surface area contributed by atoms with Crippen molar-refractivity contribution < 1.29 is 9.13 Å². The van der Waals surface area contributed by atoms with Crippen LogP contribution in [0, 0.1) is 11.7 Å². The predicted octanol–water partition coefficient (Wildman–Crippen LogP) is 2.18. The number of likely N-dealkylation sites (N-methyl/N-ethyl adjacent to an activating group) is 1. The van der Waals surface area contributed by atoms with Crippen LogP contribution in [0.2, 0.25) is 0 Å². The zero-order valence-electron chi connectivity index (χ0n) is 11.5. The zero-order valence-corrected chi connectivity index (χ0v) is 11.5.